The second-order valence-electron chi connectivity index (χ2n) is 9.50. The summed E-state index contributed by atoms with van der Waals surface area (Å²) in [7, 11) is -3.80. The van der Waals surface area contributed by atoms with Gasteiger partial charge in [-0.3, -0.25) is 4.40 Å². The van der Waals surface area contributed by atoms with E-state index in [1.807, 2.05) is 6.92 Å². The van der Waals surface area contributed by atoms with Crippen molar-refractivity contribution in [3.05, 3.63) is 34.6 Å². The highest BCUT2D eigenvalue weighted by atomic mass is 32.2. The van der Waals surface area contributed by atoms with Gasteiger partial charge in [0.05, 0.1) is 16.1 Å². The Balaban J connectivity index is 1.60. The number of fused-ring (bicyclic) bond motifs is 1. The fraction of sp³-hybridized carbons (Fsp3) is 0.500. The van der Waals surface area contributed by atoms with E-state index in [2.05, 4.69) is 26.3 Å². The molecule has 2 N–H and O–H groups in total. The molecule has 3 aliphatic rings. The molecule has 1 aliphatic heterocycles. The average molecular weight is 507 g/mol. The van der Waals surface area contributed by atoms with Crippen molar-refractivity contribution in [1.29, 1.82) is 0 Å². The molecule has 34 heavy (non-hydrogen) atoms. The van der Waals surface area contributed by atoms with Gasteiger partial charge in [-0.25, -0.2) is 26.9 Å². The van der Waals surface area contributed by atoms with Crippen LogP contribution in [0.4, 0.5) is 8.78 Å². The van der Waals surface area contributed by atoms with Crippen LogP contribution in [0, 0.1) is 0 Å². The van der Waals surface area contributed by atoms with E-state index in [9.17, 15) is 17.2 Å². The zero-order chi connectivity index (χ0) is 23.7. The van der Waals surface area contributed by atoms with Gasteiger partial charge >= 0.3 is 0 Å². The van der Waals surface area contributed by atoms with Crippen LogP contribution in [0.5, 0.6) is 0 Å². The highest BCUT2D eigenvalue weighted by molar-refractivity contribution is 7.89. The van der Waals surface area contributed by atoms with Crippen LogP contribution in [0.1, 0.15) is 67.6 Å². The molecule has 2 fully saturated rings. The minimum absolute atomic E-state index is 0.127. The topological polar surface area (TPSA) is 101 Å². The first-order valence-electron chi connectivity index (χ1n) is 11.4. The Kier molecular flexibility index (Phi) is 5.14. The maximum atomic E-state index is 13.4. The molecule has 3 aromatic heterocycles. The molecule has 8 nitrogen and oxygen atoms in total. The van der Waals surface area contributed by atoms with Crippen molar-refractivity contribution in [3.63, 3.8) is 0 Å². The van der Waals surface area contributed by atoms with Gasteiger partial charge in [-0.05, 0) is 57.2 Å². The molecule has 0 unspecified atom stereocenters. The van der Waals surface area contributed by atoms with E-state index in [-0.39, 0.29) is 20.8 Å². The van der Waals surface area contributed by atoms with Crippen molar-refractivity contribution < 1.29 is 17.2 Å². The zero-order valence-corrected chi connectivity index (χ0v) is 20.1. The largest absolute Gasteiger partial charge is 0.313 e. The van der Waals surface area contributed by atoms with Crippen molar-refractivity contribution >= 4 is 32.4 Å². The van der Waals surface area contributed by atoms with Crippen molar-refractivity contribution in [2.75, 3.05) is 13.1 Å². The highest BCUT2D eigenvalue weighted by Crippen LogP contribution is 2.45. The minimum atomic E-state index is -3.80. The third kappa shape index (κ3) is 3.96. The number of rotatable bonds is 7. The lowest BCUT2D eigenvalue weighted by Gasteiger charge is -2.19. The Morgan fingerprint density at radius 1 is 1.29 bits per heavy atom. The monoisotopic (exact) mass is 506 g/mol. The molecule has 2 saturated carbocycles. The first-order valence-corrected chi connectivity index (χ1v) is 13.7. The summed E-state index contributed by atoms with van der Waals surface area (Å²) in [6, 6.07) is 1.74. The molecule has 6 rings (SSSR count). The minimum Gasteiger partial charge on any atom is -0.313 e. The summed E-state index contributed by atoms with van der Waals surface area (Å²) in [6.45, 7) is 3.38. The lowest BCUT2D eigenvalue weighted by Crippen LogP contribution is -2.34. The molecule has 0 bridgehead atoms. The van der Waals surface area contributed by atoms with E-state index in [1.54, 1.807) is 16.7 Å². The smallest absolute Gasteiger partial charge is 0.291 e. The standard InChI is InChI=1S/C22H24F2N6O2S2/c1-22(6-7-22)29-34(31,32)14-10-15(12-4-8-25-9-5-12)17-16(13-2-3-13)26-19(30(17)11-14)21-28-27-20(33-21)18(23)24/h4,10-11,13,18,25,29H,2-3,5-9H2,1H3. The SMILES string of the molecule is CC1(NS(=O)(=O)c2cc(C3=CCNCC3)c3c(C4CC4)nc(-c4nnc(C(F)F)s4)n3c2)CC1. The van der Waals surface area contributed by atoms with Crippen molar-refractivity contribution in [2.24, 2.45) is 0 Å². The summed E-state index contributed by atoms with van der Waals surface area (Å²) in [5, 5.41) is 10.8. The van der Waals surface area contributed by atoms with Crippen molar-refractivity contribution in [1.82, 2.24) is 29.6 Å². The van der Waals surface area contributed by atoms with Crippen LogP contribution in [0.25, 0.3) is 21.9 Å². The normalized spacial score (nSPS) is 20.2. The predicted octanol–water partition coefficient (Wildman–Crippen LogP) is 3.88. The molecular formula is C22H24F2N6O2S2. The van der Waals surface area contributed by atoms with Gasteiger partial charge in [0.2, 0.25) is 10.0 Å². The molecule has 2 aliphatic carbocycles. The number of nitrogens with zero attached hydrogens (tertiary/aromatic N) is 4. The number of pyridine rings is 1. The van der Waals surface area contributed by atoms with Crippen LogP contribution in [0.2, 0.25) is 0 Å². The molecule has 0 saturated heterocycles. The van der Waals surface area contributed by atoms with Gasteiger partial charge in [0.15, 0.2) is 15.8 Å². The second-order valence-corrected chi connectivity index (χ2v) is 12.2. The summed E-state index contributed by atoms with van der Waals surface area (Å²) in [4.78, 5) is 4.95. The molecule has 0 atom stereocenters. The lowest BCUT2D eigenvalue weighted by atomic mass is 9.98. The van der Waals surface area contributed by atoms with E-state index in [0.29, 0.717) is 12.4 Å². The fourth-order valence-electron chi connectivity index (χ4n) is 4.36. The first-order chi connectivity index (χ1) is 16.2. The van der Waals surface area contributed by atoms with Gasteiger partial charge in [-0.2, -0.15) is 0 Å². The Hall–Kier alpha value is -2.28. The number of sulfonamides is 1. The zero-order valence-electron chi connectivity index (χ0n) is 18.5. The van der Waals surface area contributed by atoms with Gasteiger partial charge in [0, 0.05) is 29.8 Å². The summed E-state index contributed by atoms with van der Waals surface area (Å²) < 4.78 is 57.7. The van der Waals surface area contributed by atoms with E-state index in [0.717, 1.165) is 72.3 Å². The average Bonchev–Trinajstić information content (AvgIpc) is 3.68. The molecule has 180 valence electrons. The fourth-order valence-corrected chi connectivity index (χ4v) is 6.53. The van der Waals surface area contributed by atoms with E-state index in [4.69, 9.17) is 4.98 Å². The van der Waals surface area contributed by atoms with E-state index >= 15 is 0 Å². The number of halogens is 2. The summed E-state index contributed by atoms with van der Waals surface area (Å²) in [5.41, 5.74) is 3.15. The van der Waals surface area contributed by atoms with Crippen LogP contribution in [-0.4, -0.2) is 46.6 Å². The maximum Gasteiger partial charge on any atom is 0.291 e. The number of hydrogen-bond donors (Lipinski definition) is 2. The Morgan fingerprint density at radius 3 is 2.71 bits per heavy atom. The number of nitrogens with one attached hydrogen (secondary N) is 2. The molecule has 3 aromatic rings. The Bertz CT molecular complexity index is 1420. The first kappa shape index (κ1) is 22.2. The Morgan fingerprint density at radius 2 is 2.09 bits per heavy atom. The van der Waals surface area contributed by atoms with Gasteiger partial charge in [-0.1, -0.05) is 17.4 Å². The van der Waals surface area contributed by atoms with E-state index in [1.165, 1.54) is 0 Å². The number of hydrogen-bond acceptors (Lipinski definition) is 7. The molecule has 0 aromatic carbocycles. The lowest BCUT2D eigenvalue weighted by molar-refractivity contribution is 0.150. The van der Waals surface area contributed by atoms with Crippen LogP contribution in [-0.2, 0) is 10.0 Å². The van der Waals surface area contributed by atoms with Crippen molar-refractivity contribution in [3.8, 4) is 10.8 Å². The molecule has 12 heteroatoms. The quantitative estimate of drug-likeness (QED) is 0.505. The van der Waals surface area contributed by atoms with Crippen LogP contribution in [0.15, 0.2) is 23.2 Å². The summed E-state index contributed by atoms with van der Waals surface area (Å²) in [5.74, 6) is 0.616. The van der Waals surface area contributed by atoms with Crippen LogP contribution in [0.3, 0.4) is 0 Å². The molecule has 0 spiro atoms. The predicted molar refractivity (Wildman–Crippen MR) is 124 cm³/mol. The second kappa shape index (κ2) is 7.87. The third-order valence-corrected chi connectivity index (χ3v) is 9.15. The number of alkyl halides is 2. The maximum absolute atomic E-state index is 13.4. The summed E-state index contributed by atoms with van der Waals surface area (Å²) >= 11 is 0.784. The molecule has 0 amide bonds. The van der Waals surface area contributed by atoms with Crippen LogP contribution < -0.4 is 10.0 Å². The number of aromatic nitrogens is 4. The van der Waals surface area contributed by atoms with Gasteiger partial charge in [0.25, 0.3) is 6.43 Å². The number of imidazole rings is 1. The molecular weight excluding hydrogens is 482 g/mol. The van der Waals surface area contributed by atoms with Crippen LogP contribution >= 0.6 is 11.3 Å². The molecule has 4 heterocycles. The molecule has 0 radical (unpaired) electrons. The highest BCUT2D eigenvalue weighted by Gasteiger charge is 2.42. The van der Waals surface area contributed by atoms with Gasteiger partial charge < -0.3 is 5.32 Å². The van der Waals surface area contributed by atoms with Crippen molar-refractivity contribution in [2.45, 2.75) is 61.8 Å². The summed E-state index contributed by atoms with van der Waals surface area (Å²) in [6.07, 6.45) is 5.22. The van der Waals surface area contributed by atoms with Gasteiger partial charge in [0.1, 0.15) is 0 Å². The third-order valence-electron chi connectivity index (χ3n) is 6.62. The van der Waals surface area contributed by atoms with Gasteiger partial charge in [-0.15, -0.1) is 10.2 Å². The Labute approximate surface area is 199 Å². The van der Waals surface area contributed by atoms with E-state index < -0.39 is 22.0 Å².